The second-order valence-corrected chi connectivity index (χ2v) is 9.12. The number of aromatic nitrogens is 2. The topological polar surface area (TPSA) is 108 Å². The molecule has 0 bridgehead atoms. The molecular weight excluding hydrogens is 428 g/mol. The number of rotatable bonds is 6. The number of fused-ring (bicyclic) bond motifs is 1. The molecule has 0 unspecified atom stereocenters. The molecule has 1 heterocycles. The Morgan fingerprint density at radius 2 is 1.94 bits per heavy atom. The second kappa shape index (κ2) is 9.68. The Bertz CT molecular complexity index is 1270. The van der Waals surface area contributed by atoms with Crippen LogP contribution in [0.3, 0.4) is 0 Å². The predicted molar refractivity (Wildman–Crippen MR) is 131 cm³/mol. The van der Waals surface area contributed by atoms with Crippen LogP contribution in [0.15, 0.2) is 30.3 Å². The molecule has 0 aliphatic heterocycles. The fraction of sp³-hybridized carbons (Fsp3) is 0.407. The quantitative estimate of drug-likeness (QED) is 0.491. The van der Waals surface area contributed by atoms with Gasteiger partial charge in [-0.05, 0) is 81.2 Å². The number of aliphatic carboxylic acids is 1. The van der Waals surface area contributed by atoms with Crippen molar-refractivity contribution in [2.24, 2.45) is 5.92 Å². The van der Waals surface area contributed by atoms with Crippen LogP contribution in [0.1, 0.15) is 72.6 Å². The minimum atomic E-state index is -0.705. The zero-order chi connectivity index (χ0) is 24.4. The summed E-state index contributed by atoms with van der Waals surface area (Å²) < 4.78 is 5.72. The molecule has 176 valence electrons. The molecule has 7 heteroatoms. The largest absolute Gasteiger partial charge is 0.496 e. The number of methoxy groups -OCH3 is 1. The number of carbonyl (C=O) groups is 1. The Morgan fingerprint density at radius 1 is 1.21 bits per heavy atom. The van der Waals surface area contributed by atoms with E-state index < -0.39 is 5.97 Å². The maximum absolute atomic E-state index is 11.4. The monoisotopic (exact) mass is 458 g/mol. The molecule has 0 spiro atoms. The van der Waals surface area contributed by atoms with Crippen LogP contribution in [0, 0.1) is 31.1 Å². The Kier molecular flexibility index (Phi) is 6.69. The molecular formula is C27H30N4O3. The van der Waals surface area contributed by atoms with Gasteiger partial charge in [-0.2, -0.15) is 5.26 Å². The van der Waals surface area contributed by atoms with Crippen LogP contribution in [0.4, 0.5) is 5.82 Å². The van der Waals surface area contributed by atoms with Gasteiger partial charge in [0.25, 0.3) is 0 Å². The van der Waals surface area contributed by atoms with Crippen LogP contribution >= 0.6 is 0 Å². The number of carboxylic acid groups (broad SMARTS) is 1. The fourth-order valence-corrected chi connectivity index (χ4v) is 5.07. The molecule has 1 saturated carbocycles. The Balaban J connectivity index is 1.72. The van der Waals surface area contributed by atoms with Crippen LogP contribution in [0.2, 0.25) is 0 Å². The van der Waals surface area contributed by atoms with Crippen LogP contribution in [0.5, 0.6) is 5.75 Å². The van der Waals surface area contributed by atoms with Crippen LogP contribution in [-0.4, -0.2) is 28.2 Å². The molecule has 1 atom stereocenters. The maximum atomic E-state index is 11.4. The van der Waals surface area contributed by atoms with Crippen molar-refractivity contribution in [2.75, 3.05) is 12.4 Å². The lowest BCUT2D eigenvalue weighted by atomic mass is 9.78. The molecule has 1 fully saturated rings. The molecule has 1 aromatic heterocycles. The first-order valence-electron chi connectivity index (χ1n) is 11.7. The van der Waals surface area contributed by atoms with Gasteiger partial charge in [0, 0.05) is 11.5 Å². The third kappa shape index (κ3) is 4.54. The van der Waals surface area contributed by atoms with E-state index in [2.05, 4.69) is 29.4 Å². The summed E-state index contributed by atoms with van der Waals surface area (Å²) in [4.78, 5) is 20.7. The minimum absolute atomic E-state index is 0.0673. The summed E-state index contributed by atoms with van der Waals surface area (Å²) in [5.41, 5.74) is 4.54. The molecule has 3 aromatic rings. The highest BCUT2D eigenvalue weighted by Crippen LogP contribution is 2.42. The lowest BCUT2D eigenvalue weighted by molar-refractivity contribution is -0.142. The van der Waals surface area contributed by atoms with Crippen molar-refractivity contribution in [1.29, 1.82) is 5.26 Å². The number of nitrogens with zero attached hydrogens (tertiary/aromatic N) is 3. The van der Waals surface area contributed by atoms with Gasteiger partial charge in [0.15, 0.2) is 0 Å². The number of nitrogens with one attached hydrogen (secondary N) is 1. The molecule has 2 N–H and O–H groups in total. The Labute approximate surface area is 199 Å². The number of nitriles is 1. The summed E-state index contributed by atoms with van der Waals surface area (Å²) in [5, 5.41) is 23.2. The standard InChI is InChI=1S/C27H30N4O3/c1-15-20(14-28)6-5-7-21(15)16(2)29-26-23-12-22(18-8-10-19(11-9-18)27(32)33)25(34-4)13-24(23)30-17(3)31-26/h5-7,12-13,16,18-19H,8-11H2,1-4H3,(H,32,33)(H,29,30,31)/t16-,18?,19?/m1/s1. The third-order valence-corrected chi connectivity index (χ3v) is 6.99. The summed E-state index contributed by atoms with van der Waals surface area (Å²) >= 11 is 0. The van der Waals surface area contributed by atoms with Crippen molar-refractivity contribution >= 4 is 22.7 Å². The van der Waals surface area contributed by atoms with E-state index in [1.165, 1.54) is 0 Å². The van der Waals surface area contributed by atoms with E-state index in [1.54, 1.807) is 7.11 Å². The Hall–Kier alpha value is -3.66. The number of benzene rings is 2. The zero-order valence-electron chi connectivity index (χ0n) is 20.1. The van der Waals surface area contributed by atoms with Crippen molar-refractivity contribution in [1.82, 2.24) is 9.97 Å². The van der Waals surface area contributed by atoms with E-state index in [9.17, 15) is 15.2 Å². The normalized spacial score (nSPS) is 18.8. The van der Waals surface area contributed by atoms with Gasteiger partial charge in [-0.1, -0.05) is 12.1 Å². The number of carboxylic acids is 1. The summed E-state index contributed by atoms with van der Waals surface area (Å²) in [6, 6.07) is 12.0. The predicted octanol–water partition coefficient (Wildman–Crippen LogP) is 5.66. The van der Waals surface area contributed by atoms with Gasteiger partial charge in [0.1, 0.15) is 17.4 Å². The molecule has 7 nitrogen and oxygen atoms in total. The third-order valence-electron chi connectivity index (χ3n) is 6.99. The molecule has 34 heavy (non-hydrogen) atoms. The number of hydrogen-bond donors (Lipinski definition) is 2. The van der Waals surface area contributed by atoms with Crippen molar-refractivity contribution in [3.63, 3.8) is 0 Å². The summed E-state index contributed by atoms with van der Waals surface area (Å²) in [5.74, 6) is 1.43. The number of aryl methyl sites for hydroxylation is 1. The van der Waals surface area contributed by atoms with Crippen LogP contribution in [0.25, 0.3) is 10.9 Å². The van der Waals surface area contributed by atoms with E-state index in [-0.39, 0.29) is 17.9 Å². The molecule has 0 saturated heterocycles. The lowest BCUT2D eigenvalue weighted by Gasteiger charge is -2.28. The van der Waals surface area contributed by atoms with Gasteiger partial charge in [-0.25, -0.2) is 9.97 Å². The summed E-state index contributed by atoms with van der Waals surface area (Å²) in [6.45, 7) is 5.89. The van der Waals surface area contributed by atoms with Gasteiger partial charge in [-0.15, -0.1) is 0 Å². The van der Waals surface area contributed by atoms with Gasteiger partial charge >= 0.3 is 5.97 Å². The highest BCUT2D eigenvalue weighted by atomic mass is 16.5. The molecule has 0 amide bonds. The average molecular weight is 459 g/mol. The van der Waals surface area contributed by atoms with Crippen molar-refractivity contribution < 1.29 is 14.6 Å². The molecule has 4 rings (SSSR count). The summed E-state index contributed by atoms with van der Waals surface area (Å²) in [6.07, 6.45) is 2.96. The van der Waals surface area contributed by atoms with Crippen LogP contribution in [-0.2, 0) is 4.79 Å². The van der Waals surface area contributed by atoms with Gasteiger partial charge < -0.3 is 15.2 Å². The van der Waals surface area contributed by atoms with Crippen molar-refractivity contribution in [3.8, 4) is 11.8 Å². The van der Waals surface area contributed by atoms with Gasteiger partial charge in [0.2, 0.25) is 0 Å². The molecule has 1 aliphatic rings. The first-order valence-corrected chi connectivity index (χ1v) is 11.7. The Morgan fingerprint density at radius 3 is 2.59 bits per heavy atom. The van der Waals surface area contributed by atoms with E-state index in [0.29, 0.717) is 24.2 Å². The molecule has 2 aromatic carbocycles. The maximum Gasteiger partial charge on any atom is 0.306 e. The smallest absolute Gasteiger partial charge is 0.306 e. The van der Waals surface area contributed by atoms with Gasteiger partial charge in [-0.3, -0.25) is 4.79 Å². The van der Waals surface area contributed by atoms with Crippen molar-refractivity contribution in [3.05, 3.63) is 58.4 Å². The van der Waals surface area contributed by atoms with Gasteiger partial charge in [0.05, 0.1) is 36.2 Å². The summed E-state index contributed by atoms with van der Waals surface area (Å²) in [7, 11) is 1.66. The first-order chi connectivity index (χ1) is 16.3. The van der Waals surface area contributed by atoms with E-state index in [4.69, 9.17) is 9.72 Å². The first kappa shape index (κ1) is 23.5. The number of ether oxygens (including phenoxy) is 1. The van der Waals surface area contributed by atoms with Crippen LogP contribution < -0.4 is 10.1 Å². The second-order valence-electron chi connectivity index (χ2n) is 9.12. The fourth-order valence-electron chi connectivity index (χ4n) is 5.07. The average Bonchev–Trinajstić information content (AvgIpc) is 2.83. The number of hydrogen-bond acceptors (Lipinski definition) is 6. The lowest BCUT2D eigenvalue weighted by Crippen LogP contribution is -2.20. The minimum Gasteiger partial charge on any atom is -0.496 e. The zero-order valence-corrected chi connectivity index (χ0v) is 20.1. The number of anilines is 1. The van der Waals surface area contributed by atoms with E-state index in [0.717, 1.165) is 52.0 Å². The van der Waals surface area contributed by atoms with E-state index in [1.807, 2.05) is 38.1 Å². The SMILES string of the molecule is COc1cc2nc(C)nc(N[C@H](C)c3cccc(C#N)c3C)c2cc1C1CCC(C(=O)O)CC1. The molecule has 1 aliphatic carbocycles. The highest BCUT2D eigenvalue weighted by molar-refractivity contribution is 5.91. The molecule has 0 radical (unpaired) electrons. The highest BCUT2D eigenvalue weighted by Gasteiger charge is 2.29. The van der Waals surface area contributed by atoms with Crippen molar-refractivity contribution in [2.45, 2.75) is 58.4 Å². The van der Waals surface area contributed by atoms with E-state index >= 15 is 0 Å².